The number of amides is 1. The molecule has 0 N–H and O–H groups in total. The molecule has 1 amide bonds. The molecule has 0 aliphatic rings. The van der Waals surface area contributed by atoms with Gasteiger partial charge in [-0.1, -0.05) is 40.5 Å². The highest BCUT2D eigenvalue weighted by Crippen LogP contribution is 2.24. The van der Waals surface area contributed by atoms with Crippen molar-refractivity contribution < 1.29 is 14.1 Å². The second kappa shape index (κ2) is 8.88. The molecular formula is C23H26ClN3O3. The van der Waals surface area contributed by atoms with Crippen LogP contribution in [0.25, 0.3) is 11.4 Å². The molecule has 158 valence electrons. The molecule has 0 aliphatic carbocycles. The van der Waals surface area contributed by atoms with Gasteiger partial charge in [0.1, 0.15) is 12.3 Å². The normalized spacial score (nSPS) is 11.6. The molecule has 6 nitrogen and oxygen atoms in total. The fourth-order valence-corrected chi connectivity index (χ4v) is 3.17. The third kappa shape index (κ3) is 5.19. The molecule has 30 heavy (non-hydrogen) atoms. The number of hydrogen-bond acceptors (Lipinski definition) is 5. The maximum Gasteiger partial charge on any atom is 0.266 e. The fourth-order valence-electron chi connectivity index (χ4n) is 3.04. The molecule has 0 aliphatic heterocycles. The van der Waals surface area contributed by atoms with Gasteiger partial charge in [0, 0.05) is 16.6 Å². The number of halogens is 1. The molecule has 7 heteroatoms. The second-order valence-electron chi connectivity index (χ2n) is 7.97. The van der Waals surface area contributed by atoms with Gasteiger partial charge >= 0.3 is 0 Å². The molecule has 0 bridgehead atoms. The van der Waals surface area contributed by atoms with E-state index in [1.807, 2.05) is 45.0 Å². The van der Waals surface area contributed by atoms with Crippen molar-refractivity contribution in [3.63, 3.8) is 0 Å². The Balaban J connectivity index is 1.76. The van der Waals surface area contributed by atoms with Gasteiger partial charge in [0.25, 0.3) is 5.91 Å². The average Bonchev–Trinajstić information content (AvgIpc) is 3.16. The van der Waals surface area contributed by atoms with Crippen LogP contribution in [0.4, 0.5) is 0 Å². The molecule has 0 spiro atoms. The van der Waals surface area contributed by atoms with E-state index in [4.69, 9.17) is 20.9 Å². The maximum absolute atomic E-state index is 13.3. The zero-order valence-electron chi connectivity index (χ0n) is 17.8. The van der Waals surface area contributed by atoms with Crippen LogP contribution in [-0.2, 0) is 11.3 Å². The summed E-state index contributed by atoms with van der Waals surface area (Å²) < 4.78 is 11.4. The Bertz CT molecular complexity index is 1010. The van der Waals surface area contributed by atoms with Crippen molar-refractivity contribution >= 4 is 17.5 Å². The van der Waals surface area contributed by atoms with Crippen LogP contribution in [0.1, 0.15) is 39.1 Å². The first-order chi connectivity index (χ1) is 14.2. The largest absolute Gasteiger partial charge is 0.478 e. The third-order valence-corrected chi connectivity index (χ3v) is 4.89. The number of aromatic nitrogens is 2. The van der Waals surface area contributed by atoms with Gasteiger partial charge in [-0.05, 0) is 65.0 Å². The highest BCUT2D eigenvalue weighted by Gasteiger charge is 2.36. The molecule has 1 aromatic heterocycles. The third-order valence-electron chi connectivity index (χ3n) is 4.64. The van der Waals surface area contributed by atoms with Gasteiger partial charge in [-0.3, -0.25) is 4.79 Å². The number of nitrogens with zero attached hydrogens (tertiary/aromatic N) is 3. The van der Waals surface area contributed by atoms with Gasteiger partial charge in [-0.2, -0.15) is 4.98 Å². The van der Waals surface area contributed by atoms with Crippen molar-refractivity contribution in [1.29, 1.82) is 0 Å². The van der Waals surface area contributed by atoms with Crippen molar-refractivity contribution in [2.45, 2.75) is 52.8 Å². The van der Waals surface area contributed by atoms with E-state index in [0.29, 0.717) is 22.5 Å². The monoisotopic (exact) mass is 427 g/mol. The summed E-state index contributed by atoms with van der Waals surface area (Å²) in [5.41, 5.74) is 0.898. The summed E-state index contributed by atoms with van der Waals surface area (Å²) in [4.78, 5) is 19.4. The average molecular weight is 428 g/mol. The lowest BCUT2D eigenvalue weighted by atomic mass is 10.1. The zero-order valence-corrected chi connectivity index (χ0v) is 18.6. The Morgan fingerprint density at radius 3 is 2.53 bits per heavy atom. The molecule has 3 rings (SSSR count). The summed E-state index contributed by atoms with van der Waals surface area (Å²) in [7, 11) is 0. The minimum atomic E-state index is -1.09. The Labute approximate surface area is 181 Å². The van der Waals surface area contributed by atoms with Crippen LogP contribution in [0.3, 0.4) is 0 Å². The van der Waals surface area contributed by atoms with Crippen molar-refractivity contribution in [1.82, 2.24) is 15.0 Å². The van der Waals surface area contributed by atoms with Gasteiger partial charge < -0.3 is 14.2 Å². The molecule has 0 radical (unpaired) electrons. The summed E-state index contributed by atoms with van der Waals surface area (Å²) in [5.74, 6) is 1.26. The molecule has 0 atom stereocenters. The van der Waals surface area contributed by atoms with Gasteiger partial charge in [0.15, 0.2) is 5.60 Å². The fraction of sp³-hybridized carbons (Fsp3) is 0.348. The van der Waals surface area contributed by atoms with E-state index >= 15 is 0 Å². The Hall–Kier alpha value is -2.86. The van der Waals surface area contributed by atoms with Crippen molar-refractivity contribution in [3.8, 4) is 17.1 Å². The Kier molecular flexibility index (Phi) is 6.46. The van der Waals surface area contributed by atoms with E-state index in [9.17, 15) is 4.79 Å². The number of benzene rings is 2. The van der Waals surface area contributed by atoms with E-state index in [2.05, 4.69) is 10.1 Å². The lowest BCUT2D eigenvalue weighted by Crippen LogP contribution is -2.51. The van der Waals surface area contributed by atoms with Gasteiger partial charge in [-0.25, -0.2) is 0 Å². The van der Waals surface area contributed by atoms with E-state index in [-0.39, 0.29) is 18.5 Å². The summed E-state index contributed by atoms with van der Waals surface area (Å²) >= 11 is 5.93. The molecule has 3 aromatic rings. The summed E-state index contributed by atoms with van der Waals surface area (Å²) in [6, 6.07) is 14.7. The number of hydrogen-bond donors (Lipinski definition) is 0. The molecule has 0 saturated carbocycles. The first-order valence-electron chi connectivity index (χ1n) is 9.81. The van der Waals surface area contributed by atoms with Crippen LogP contribution in [0.2, 0.25) is 5.02 Å². The maximum atomic E-state index is 13.3. The first kappa shape index (κ1) is 21.8. The van der Waals surface area contributed by atoms with Crippen LogP contribution in [0, 0.1) is 6.92 Å². The first-order valence-corrected chi connectivity index (χ1v) is 10.2. The van der Waals surface area contributed by atoms with E-state index in [0.717, 1.165) is 11.1 Å². The Morgan fingerprint density at radius 1 is 1.20 bits per heavy atom. The summed E-state index contributed by atoms with van der Waals surface area (Å²) in [5, 5.41) is 4.68. The minimum Gasteiger partial charge on any atom is -0.478 e. The quantitative estimate of drug-likeness (QED) is 0.512. The lowest BCUT2D eigenvalue weighted by Gasteiger charge is -2.34. The van der Waals surface area contributed by atoms with Gasteiger partial charge in [0.2, 0.25) is 11.7 Å². The minimum absolute atomic E-state index is 0.0834. The predicted molar refractivity (Wildman–Crippen MR) is 116 cm³/mol. The SMILES string of the molecule is Cc1cccc(-c2noc(CN(C(=O)C(C)(C)Oc3ccc(Cl)cc3)C(C)C)n2)c1. The van der Waals surface area contributed by atoms with Crippen LogP contribution in [0.5, 0.6) is 5.75 Å². The predicted octanol–water partition coefficient (Wildman–Crippen LogP) is 5.29. The highest BCUT2D eigenvalue weighted by molar-refractivity contribution is 6.30. The number of rotatable bonds is 7. The Morgan fingerprint density at radius 2 is 1.90 bits per heavy atom. The van der Waals surface area contributed by atoms with Crippen LogP contribution >= 0.6 is 11.6 Å². The summed E-state index contributed by atoms with van der Waals surface area (Å²) in [6.07, 6.45) is 0. The summed E-state index contributed by atoms with van der Waals surface area (Å²) in [6.45, 7) is 9.56. The zero-order chi connectivity index (χ0) is 21.9. The molecule has 1 heterocycles. The molecule has 0 unspecified atom stereocenters. The number of ether oxygens (including phenoxy) is 1. The van der Waals surface area contributed by atoms with E-state index in [1.165, 1.54) is 0 Å². The van der Waals surface area contributed by atoms with Crippen molar-refractivity contribution in [2.75, 3.05) is 0 Å². The van der Waals surface area contributed by atoms with Gasteiger partial charge in [0.05, 0.1) is 0 Å². The molecular weight excluding hydrogens is 402 g/mol. The van der Waals surface area contributed by atoms with E-state index in [1.54, 1.807) is 43.0 Å². The standard InChI is InChI=1S/C23H26ClN3O3/c1-15(2)27(22(28)23(4,5)29-19-11-9-18(24)10-12-19)14-20-25-21(26-30-20)17-8-6-7-16(3)13-17/h6-13,15H,14H2,1-5H3. The smallest absolute Gasteiger partial charge is 0.266 e. The highest BCUT2D eigenvalue weighted by atomic mass is 35.5. The van der Waals surface area contributed by atoms with Crippen LogP contribution < -0.4 is 4.74 Å². The molecule has 0 fully saturated rings. The van der Waals surface area contributed by atoms with Crippen molar-refractivity contribution in [2.24, 2.45) is 0 Å². The van der Waals surface area contributed by atoms with Crippen molar-refractivity contribution in [3.05, 3.63) is 65.0 Å². The van der Waals surface area contributed by atoms with E-state index < -0.39 is 5.60 Å². The number of carbonyl (C=O) groups is 1. The number of carbonyl (C=O) groups excluding carboxylic acids is 1. The molecule has 0 saturated heterocycles. The van der Waals surface area contributed by atoms with Crippen LogP contribution in [0.15, 0.2) is 53.1 Å². The van der Waals surface area contributed by atoms with Crippen LogP contribution in [-0.4, -0.2) is 32.6 Å². The topological polar surface area (TPSA) is 68.5 Å². The lowest BCUT2D eigenvalue weighted by molar-refractivity contribution is -0.148. The van der Waals surface area contributed by atoms with Gasteiger partial charge in [-0.15, -0.1) is 0 Å². The second-order valence-corrected chi connectivity index (χ2v) is 8.41. The molecule has 2 aromatic carbocycles. The number of aryl methyl sites for hydroxylation is 1.